The van der Waals surface area contributed by atoms with Crippen LogP contribution in [0.15, 0.2) is 22.7 Å². The van der Waals surface area contributed by atoms with Gasteiger partial charge in [-0.1, -0.05) is 11.2 Å². The Bertz CT molecular complexity index is 494. The molecule has 3 rings (SSSR count). The van der Waals surface area contributed by atoms with Gasteiger partial charge in [-0.3, -0.25) is 4.79 Å². The topological polar surface area (TPSA) is 51.1 Å². The molecular formula is C13H16N2O3S. The lowest BCUT2D eigenvalue weighted by atomic mass is 9.97. The first-order valence-electron chi connectivity index (χ1n) is 6.35. The Morgan fingerprint density at radius 1 is 1.47 bits per heavy atom. The molecule has 6 heteroatoms. The monoisotopic (exact) mass is 280 g/mol. The first-order chi connectivity index (χ1) is 9.19. The van der Waals surface area contributed by atoms with E-state index in [1.165, 1.54) is 0 Å². The standard InChI is InChI=1S/C13H16N2O3S/c1-13(12(16)15-4-6-17-7-5-15)9-10(14-18-13)11-3-2-8-19-11/h2-3,8H,4-7,9H2,1H3/t13-/m0/s1. The number of thiophene rings is 1. The highest BCUT2D eigenvalue weighted by atomic mass is 32.1. The van der Waals surface area contributed by atoms with Gasteiger partial charge in [0.05, 0.1) is 18.1 Å². The van der Waals surface area contributed by atoms with Gasteiger partial charge in [0.15, 0.2) is 0 Å². The van der Waals surface area contributed by atoms with E-state index in [2.05, 4.69) is 5.16 Å². The highest BCUT2D eigenvalue weighted by Crippen LogP contribution is 2.30. The Morgan fingerprint density at radius 3 is 2.95 bits per heavy atom. The average molecular weight is 280 g/mol. The van der Waals surface area contributed by atoms with E-state index in [-0.39, 0.29) is 5.91 Å². The Labute approximate surface area is 115 Å². The maximum atomic E-state index is 12.5. The molecule has 0 spiro atoms. The van der Waals surface area contributed by atoms with Crippen molar-refractivity contribution in [3.8, 4) is 0 Å². The van der Waals surface area contributed by atoms with E-state index < -0.39 is 5.60 Å². The number of ether oxygens (including phenoxy) is 1. The second-order valence-electron chi connectivity index (χ2n) is 4.92. The molecular weight excluding hydrogens is 264 g/mol. The summed E-state index contributed by atoms with van der Waals surface area (Å²) in [5.41, 5.74) is -0.00413. The minimum atomic E-state index is -0.864. The largest absolute Gasteiger partial charge is 0.379 e. The lowest BCUT2D eigenvalue weighted by molar-refractivity contribution is -0.157. The van der Waals surface area contributed by atoms with Crippen molar-refractivity contribution in [1.82, 2.24) is 4.90 Å². The normalized spacial score (nSPS) is 27.0. The van der Waals surface area contributed by atoms with E-state index in [4.69, 9.17) is 9.57 Å². The first kappa shape index (κ1) is 12.6. The average Bonchev–Trinajstić information content (AvgIpc) is 3.09. The molecule has 0 aliphatic carbocycles. The van der Waals surface area contributed by atoms with Crippen LogP contribution in [0.1, 0.15) is 18.2 Å². The molecule has 1 amide bonds. The summed E-state index contributed by atoms with van der Waals surface area (Å²) in [5.74, 6) is 0.00565. The third kappa shape index (κ3) is 2.37. The van der Waals surface area contributed by atoms with Gasteiger partial charge in [-0.05, 0) is 18.4 Å². The van der Waals surface area contributed by atoms with Gasteiger partial charge in [-0.15, -0.1) is 11.3 Å². The van der Waals surface area contributed by atoms with E-state index in [0.717, 1.165) is 10.6 Å². The fraction of sp³-hybridized carbons (Fsp3) is 0.538. The number of hydrogen-bond acceptors (Lipinski definition) is 5. The summed E-state index contributed by atoms with van der Waals surface area (Å²) in [6, 6.07) is 3.97. The van der Waals surface area contributed by atoms with Gasteiger partial charge < -0.3 is 14.5 Å². The van der Waals surface area contributed by atoms with Gasteiger partial charge in [0.2, 0.25) is 5.60 Å². The fourth-order valence-electron chi connectivity index (χ4n) is 2.33. The van der Waals surface area contributed by atoms with Gasteiger partial charge in [-0.2, -0.15) is 0 Å². The SMILES string of the molecule is C[C@@]1(C(=O)N2CCOCC2)CC(c2cccs2)=NO1. The summed E-state index contributed by atoms with van der Waals surface area (Å²) in [7, 11) is 0. The molecule has 0 radical (unpaired) electrons. The van der Waals surface area contributed by atoms with Gasteiger partial charge in [-0.25, -0.2) is 0 Å². The molecule has 1 aromatic heterocycles. The van der Waals surface area contributed by atoms with Gasteiger partial charge in [0.1, 0.15) is 5.71 Å². The Morgan fingerprint density at radius 2 is 2.26 bits per heavy atom. The summed E-state index contributed by atoms with van der Waals surface area (Å²) in [6.45, 7) is 4.27. The zero-order chi connectivity index (χ0) is 13.3. The van der Waals surface area contributed by atoms with Gasteiger partial charge in [0, 0.05) is 19.5 Å². The van der Waals surface area contributed by atoms with Crippen molar-refractivity contribution < 1.29 is 14.4 Å². The second-order valence-corrected chi connectivity index (χ2v) is 5.87. The maximum absolute atomic E-state index is 12.5. The van der Waals surface area contributed by atoms with Crippen molar-refractivity contribution in [2.45, 2.75) is 18.9 Å². The van der Waals surface area contributed by atoms with Crippen LogP contribution in [-0.4, -0.2) is 48.4 Å². The van der Waals surface area contributed by atoms with Crippen LogP contribution in [0.4, 0.5) is 0 Å². The van der Waals surface area contributed by atoms with Crippen LogP contribution in [0.3, 0.4) is 0 Å². The quantitative estimate of drug-likeness (QED) is 0.824. The van der Waals surface area contributed by atoms with Gasteiger partial charge >= 0.3 is 0 Å². The van der Waals surface area contributed by atoms with Crippen LogP contribution in [0, 0.1) is 0 Å². The van der Waals surface area contributed by atoms with Crippen LogP contribution in [0.5, 0.6) is 0 Å². The number of morpholine rings is 1. The van der Waals surface area contributed by atoms with E-state index in [0.29, 0.717) is 32.7 Å². The summed E-state index contributed by atoms with van der Waals surface area (Å²) < 4.78 is 5.26. The molecule has 0 bridgehead atoms. The van der Waals surface area contributed by atoms with Crippen molar-refractivity contribution in [3.63, 3.8) is 0 Å². The Balaban J connectivity index is 1.70. The second kappa shape index (κ2) is 4.94. The number of nitrogens with zero attached hydrogens (tertiary/aromatic N) is 2. The minimum Gasteiger partial charge on any atom is -0.379 e. The summed E-state index contributed by atoms with van der Waals surface area (Å²) in [6.07, 6.45) is 0.531. The summed E-state index contributed by atoms with van der Waals surface area (Å²) in [5, 5.41) is 6.09. The highest BCUT2D eigenvalue weighted by Gasteiger charge is 2.45. The van der Waals surface area contributed by atoms with Crippen LogP contribution in [0.2, 0.25) is 0 Å². The molecule has 5 nitrogen and oxygen atoms in total. The fourth-order valence-corrected chi connectivity index (χ4v) is 3.04. The van der Waals surface area contributed by atoms with E-state index in [9.17, 15) is 4.79 Å². The predicted octanol–water partition coefficient (Wildman–Crippen LogP) is 1.49. The molecule has 1 aromatic rings. The smallest absolute Gasteiger partial charge is 0.269 e. The van der Waals surface area contributed by atoms with E-state index in [1.807, 2.05) is 24.4 Å². The van der Waals surface area contributed by atoms with Crippen LogP contribution in [-0.2, 0) is 14.4 Å². The van der Waals surface area contributed by atoms with Crippen molar-refractivity contribution in [2.24, 2.45) is 5.16 Å². The molecule has 102 valence electrons. The molecule has 1 saturated heterocycles. The molecule has 3 heterocycles. The van der Waals surface area contributed by atoms with E-state index >= 15 is 0 Å². The van der Waals surface area contributed by atoms with Crippen LogP contribution >= 0.6 is 11.3 Å². The molecule has 0 aromatic carbocycles. The zero-order valence-electron chi connectivity index (χ0n) is 10.8. The van der Waals surface area contributed by atoms with Crippen LogP contribution in [0.25, 0.3) is 0 Å². The van der Waals surface area contributed by atoms with Crippen molar-refractivity contribution >= 4 is 23.0 Å². The zero-order valence-corrected chi connectivity index (χ0v) is 11.6. The third-order valence-corrected chi connectivity index (χ3v) is 4.34. The summed E-state index contributed by atoms with van der Waals surface area (Å²) >= 11 is 1.61. The first-order valence-corrected chi connectivity index (χ1v) is 7.23. The number of carbonyl (C=O) groups is 1. The summed E-state index contributed by atoms with van der Waals surface area (Å²) in [4.78, 5) is 20.8. The molecule has 19 heavy (non-hydrogen) atoms. The van der Waals surface area contributed by atoms with Gasteiger partial charge in [0.25, 0.3) is 5.91 Å². The molecule has 1 fully saturated rings. The molecule has 2 aliphatic heterocycles. The van der Waals surface area contributed by atoms with E-state index in [1.54, 1.807) is 16.2 Å². The Hall–Kier alpha value is -1.40. The number of hydrogen-bond donors (Lipinski definition) is 0. The minimum absolute atomic E-state index is 0.00565. The number of amides is 1. The van der Waals surface area contributed by atoms with Crippen molar-refractivity contribution in [2.75, 3.05) is 26.3 Å². The van der Waals surface area contributed by atoms with Crippen molar-refractivity contribution in [1.29, 1.82) is 0 Å². The molecule has 0 saturated carbocycles. The lowest BCUT2D eigenvalue weighted by Gasteiger charge is -2.32. The maximum Gasteiger partial charge on any atom is 0.269 e. The number of carbonyl (C=O) groups excluding carboxylic acids is 1. The van der Waals surface area contributed by atoms with Crippen molar-refractivity contribution in [3.05, 3.63) is 22.4 Å². The predicted molar refractivity (Wildman–Crippen MR) is 72.4 cm³/mol. The molecule has 0 unspecified atom stereocenters. The lowest BCUT2D eigenvalue weighted by Crippen LogP contribution is -2.51. The van der Waals surface area contributed by atoms with Crippen LogP contribution < -0.4 is 0 Å². The number of oxime groups is 1. The highest BCUT2D eigenvalue weighted by molar-refractivity contribution is 7.12. The third-order valence-electron chi connectivity index (χ3n) is 3.42. The molecule has 1 atom stereocenters. The number of rotatable bonds is 2. The molecule has 2 aliphatic rings. The molecule has 0 N–H and O–H groups in total. The Kier molecular flexibility index (Phi) is 3.28.